The van der Waals surface area contributed by atoms with Gasteiger partial charge < -0.3 is 14.4 Å². The van der Waals surface area contributed by atoms with Gasteiger partial charge in [0, 0.05) is 7.05 Å². The fraction of sp³-hybridized carbons (Fsp3) is 0.455. The third-order valence-electron chi connectivity index (χ3n) is 2.62. The maximum absolute atomic E-state index is 11.9. The summed E-state index contributed by atoms with van der Waals surface area (Å²) in [5.74, 6) is -0.744. The molecule has 16 heavy (non-hydrogen) atoms. The standard InChI is InChI=1S/C11H15NO4/c1-7-5-6-8(16-7)9(13)12(4)11(2,3)10(14)15/h5-6H,1-4H3,(H,14,15). The van der Waals surface area contributed by atoms with Crippen LogP contribution in [0, 0.1) is 6.92 Å². The first kappa shape index (κ1) is 12.3. The third kappa shape index (κ3) is 2.08. The van der Waals surface area contributed by atoms with Crippen LogP contribution >= 0.6 is 0 Å². The van der Waals surface area contributed by atoms with Crippen LogP contribution < -0.4 is 0 Å². The lowest BCUT2D eigenvalue weighted by atomic mass is 10.0. The molecule has 0 bridgehead atoms. The topological polar surface area (TPSA) is 70.8 Å². The number of nitrogens with zero attached hydrogens (tertiary/aromatic N) is 1. The lowest BCUT2D eigenvalue weighted by Crippen LogP contribution is -2.50. The van der Waals surface area contributed by atoms with E-state index in [9.17, 15) is 9.59 Å². The molecule has 5 heteroatoms. The molecule has 1 aromatic rings. The van der Waals surface area contributed by atoms with Gasteiger partial charge in [-0.2, -0.15) is 0 Å². The Labute approximate surface area is 93.7 Å². The minimum absolute atomic E-state index is 0.148. The Morgan fingerprint density at radius 3 is 2.31 bits per heavy atom. The highest BCUT2D eigenvalue weighted by molar-refractivity contribution is 5.95. The largest absolute Gasteiger partial charge is 0.480 e. The number of hydrogen-bond donors (Lipinski definition) is 1. The normalized spacial score (nSPS) is 11.2. The van der Waals surface area contributed by atoms with E-state index in [2.05, 4.69) is 0 Å². The highest BCUT2D eigenvalue weighted by Gasteiger charge is 2.36. The molecule has 1 rings (SSSR count). The van der Waals surface area contributed by atoms with E-state index >= 15 is 0 Å². The predicted molar refractivity (Wildman–Crippen MR) is 57.3 cm³/mol. The highest BCUT2D eigenvalue weighted by atomic mass is 16.4. The lowest BCUT2D eigenvalue weighted by molar-refractivity contribution is -0.147. The van der Waals surface area contributed by atoms with E-state index in [-0.39, 0.29) is 5.76 Å². The zero-order valence-electron chi connectivity index (χ0n) is 9.77. The molecule has 0 fully saturated rings. The first-order valence-electron chi connectivity index (χ1n) is 4.85. The van der Waals surface area contributed by atoms with Gasteiger partial charge in [-0.25, -0.2) is 4.79 Å². The van der Waals surface area contributed by atoms with Crippen molar-refractivity contribution in [2.24, 2.45) is 0 Å². The number of likely N-dealkylation sites (N-methyl/N-ethyl adjacent to an activating group) is 1. The first-order chi connectivity index (χ1) is 7.26. The molecule has 0 saturated heterocycles. The Hall–Kier alpha value is -1.78. The second-order valence-corrected chi connectivity index (χ2v) is 4.14. The van der Waals surface area contributed by atoms with Crippen LogP contribution in [0.5, 0.6) is 0 Å². The van der Waals surface area contributed by atoms with Gasteiger partial charge in [-0.1, -0.05) is 0 Å². The second-order valence-electron chi connectivity index (χ2n) is 4.14. The van der Waals surface area contributed by atoms with Crippen LogP contribution in [0.25, 0.3) is 0 Å². The van der Waals surface area contributed by atoms with Crippen molar-refractivity contribution in [3.05, 3.63) is 23.7 Å². The molecule has 0 aliphatic rings. The fourth-order valence-corrected chi connectivity index (χ4v) is 1.11. The van der Waals surface area contributed by atoms with Crippen LogP contribution in [0.2, 0.25) is 0 Å². The quantitative estimate of drug-likeness (QED) is 0.846. The van der Waals surface area contributed by atoms with Crippen LogP contribution in [0.3, 0.4) is 0 Å². The summed E-state index contributed by atoms with van der Waals surface area (Å²) in [4.78, 5) is 24.0. The van der Waals surface area contributed by atoms with Gasteiger partial charge in [-0.15, -0.1) is 0 Å². The van der Waals surface area contributed by atoms with Crippen LogP contribution in [-0.2, 0) is 4.79 Å². The van der Waals surface area contributed by atoms with Crippen molar-refractivity contribution >= 4 is 11.9 Å². The van der Waals surface area contributed by atoms with Crippen molar-refractivity contribution in [2.45, 2.75) is 26.3 Å². The summed E-state index contributed by atoms with van der Waals surface area (Å²) < 4.78 is 5.16. The Morgan fingerprint density at radius 1 is 1.38 bits per heavy atom. The number of carboxylic acid groups (broad SMARTS) is 1. The third-order valence-corrected chi connectivity index (χ3v) is 2.62. The zero-order valence-corrected chi connectivity index (χ0v) is 9.77. The number of carbonyl (C=O) groups excluding carboxylic acids is 1. The van der Waals surface area contributed by atoms with Gasteiger partial charge in [0.1, 0.15) is 11.3 Å². The molecular formula is C11H15NO4. The number of hydrogen-bond acceptors (Lipinski definition) is 3. The van der Waals surface area contributed by atoms with Gasteiger partial charge >= 0.3 is 5.97 Å². The average molecular weight is 225 g/mol. The van der Waals surface area contributed by atoms with Crippen molar-refractivity contribution in [2.75, 3.05) is 7.05 Å². The van der Waals surface area contributed by atoms with E-state index in [4.69, 9.17) is 9.52 Å². The number of carboxylic acids is 1. The Bertz CT molecular complexity index is 419. The number of amides is 1. The summed E-state index contributed by atoms with van der Waals surface area (Å²) in [5, 5.41) is 8.99. The van der Waals surface area contributed by atoms with Gasteiger partial charge in [0.2, 0.25) is 0 Å². The molecule has 1 heterocycles. The molecular weight excluding hydrogens is 210 g/mol. The maximum atomic E-state index is 11.9. The van der Waals surface area contributed by atoms with E-state index in [0.29, 0.717) is 5.76 Å². The van der Waals surface area contributed by atoms with E-state index < -0.39 is 17.4 Å². The fourth-order valence-electron chi connectivity index (χ4n) is 1.11. The molecule has 1 N–H and O–H groups in total. The minimum atomic E-state index is -1.27. The Morgan fingerprint density at radius 2 is 1.94 bits per heavy atom. The molecule has 5 nitrogen and oxygen atoms in total. The molecule has 1 aromatic heterocycles. The lowest BCUT2D eigenvalue weighted by Gasteiger charge is -2.30. The SMILES string of the molecule is Cc1ccc(C(=O)N(C)C(C)(C)C(=O)O)o1. The molecule has 88 valence electrons. The molecule has 0 saturated carbocycles. The second kappa shape index (κ2) is 4.00. The molecule has 0 aliphatic carbocycles. The minimum Gasteiger partial charge on any atom is -0.480 e. The van der Waals surface area contributed by atoms with Crippen LogP contribution in [-0.4, -0.2) is 34.5 Å². The number of aliphatic carboxylic acids is 1. The Kier molecular flexibility index (Phi) is 3.07. The summed E-state index contributed by atoms with van der Waals surface area (Å²) in [6.45, 7) is 4.64. The van der Waals surface area contributed by atoms with Crippen LogP contribution in [0.4, 0.5) is 0 Å². The molecule has 0 unspecified atom stereocenters. The summed E-state index contributed by atoms with van der Waals surface area (Å²) in [7, 11) is 1.44. The Balaban J connectivity index is 2.95. The summed E-state index contributed by atoms with van der Waals surface area (Å²) in [5.41, 5.74) is -1.27. The number of aryl methyl sites for hydroxylation is 1. The van der Waals surface area contributed by atoms with E-state index in [0.717, 1.165) is 4.90 Å². The molecule has 1 amide bonds. The number of carbonyl (C=O) groups is 2. The van der Waals surface area contributed by atoms with Crippen LogP contribution in [0.1, 0.15) is 30.2 Å². The van der Waals surface area contributed by atoms with Gasteiger partial charge in [-0.3, -0.25) is 4.79 Å². The monoisotopic (exact) mass is 225 g/mol. The van der Waals surface area contributed by atoms with Gasteiger partial charge in [0.15, 0.2) is 5.76 Å². The number of furan rings is 1. The van der Waals surface area contributed by atoms with Crippen molar-refractivity contribution in [3.63, 3.8) is 0 Å². The summed E-state index contributed by atoms with van der Waals surface area (Å²) in [6, 6.07) is 3.20. The molecule has 0 radical (unpaired) electrons. The molecule has 0 spiro atoms. The highest BCUT2D eigenvalue weighted by Crippen LogP contribution is 2.17. The molecule has 0 aromatic carbocycles. The van der Waals surface area contributed by atoms with Crippen molar-refractivity contribution in [3.8, 4) is 0 Å². The molecule has 0 aliphatic heterocycles. The van der Waals surface area contributed by atoms with E-state index in [1.54, 1.807) is 13.0 Å². The average Bonchev–Trinajstić information content (AvgIpc) is 2.62. The molecule has 0 atom stereocenters. The smallest absolute Gasteiger partial charge is 0.329 e. The van der Waals surface area contributed by atoms with Crippen LogP contribution in [0.15, 0.2) is 16.5 Å². The van der Waals surface area contributed by atoms with Crippen molar-refractivity contribution in [1.82, 2.24) is 4.90 Å². The van der Waals surface area contributed by atoms with Gasteiger partial charge in [0.25, 0.3) is 5.91 Å². The van der Waals surface area contributed by atoms with Gasteiger partial charge in [0.05, 0.1) is 0 Å². The maximum Gasteiger partial charge on any atom is 0.329 e. The van der Waals surface area contributed by atoms with E-state index in [1.165, 1.54) is 27.0 Å². The summed E-state index contributed by atoms with van der Waals surface area (Å²) >= 11 is 0. The summed E-state index contributed by atoms with van der Waals surface area (Å²) in [6.07, 6.45) is 0. The van der Waals surface area contributed by atoms with E-state index in [1.807, 2.05) is 0 Å². The van der Waals surface area contributed by atoms with Gasteiger partial charge in [-0.05, 0) is 32.9 Å². The first-order valence-corrected chi connectivity index (χ1v) is 4.85. The zero-order chi connectivity index (χ0) is 12.5. The van der Waals surface area contributed by atoms with Crippen molar-refractivity contribution in [1.29, 1.82) is 0 Å². The van der Waals surface area contributed by atoms with Crippen molar-refractivity contribution < 1.29 is 19.1 Å². The predicted octanol–water partition coefficient (Wildman–Crippen LogP) is 1.52. The number of rotatable bonds is 3.